The largest absolute Gasteiger partial charge is 0.494 e. The highest BCUT2D eigenvalue weighted by molar-refractivity contribution is 5.94. The van der Waals surface area contributed by atoms with Crippen molar-refractivity contribution in [3.63, 3.8) is 0 Å². The molecule has 2 heterocycles. The maximum absolute atomic E-state index is 11.7. The first kappa shape index (κ1) is 11.9. The Kier molecular flexibility index (Phi) is 3.58. The summed E-state index contributed by atoms with van der Waals surface area (Å²) >= 11 is 0. The third-order valence-corrected chi connectivity index (χ3v) is 2.77. The Morgan fingerprint density at radius 3 is 3.12 bits per heavy atom. The first-order chi connectivity index (χ1) is 8.24. The number of rotatable bonds is 4. The quantitative estimate of drug-likeness (QED) is 0.841. The van der Waals surface area contributed by atoms with Gasteiger partial charge in [0.25, 0.3) is 0 Å². The van der Waals surface area contributed by atoms with Gasteiger partial charge in [-0.15, -0.1) is 0 Å². The van der Waals surface area contributed by atoms with Crippen LogP contribution < -0.4 is 9.64 Å². The molecular weight excluding hydrogens is 220 g/mol. The van der Waals surface area contributed by atoms with E-state index in [0.717, 1.165) is 0 Å². The molecule has 1 aliphatic heterocycles. The lowest BCUT2D eigenvalue weighted by molar-refractivity contribution is -0.117. The maximum Gasteiger partial charge on any atom is 0.228 e. The van der Waals surface area contributed by atoms with Crippen LogP contribution in [0, 0.1) is 5.92 Å². The lowest BCUT2D eigenvalue weighted by atomic mass is 10.1. The van der Waals surface area contributed by atoms with Gasteiger partial charge in [-0.2, -0.15) is 0 Å². The number of carbonyl (C=O) groups is 1. The van der Waals surface area contributed by atoms with E-state index >= 15 is 0 Å². The van der Waals surface area contributed by atoms with Gasteiger partial charge in [0.05, 0.1) is 6.61 Å². The number of aromatic nitrogens is 1. The maximum atomic E-state index is 11.7. The number of aliphatic hydroxyl groups excluding tert-OH is 1. The summed E-state index contributed by atoms with van der Waals surface area (Å²) < 4.78 is 5.37. The van der Waals surface area contributed by atoms with Crippen LogP contribution in [-0.4, -0.2) is 35.8 Å². The molecule has 1 N–H and O–H groups in total. The van der Waals surface area contributed by atoms with Crippen LogP contribution in [0.25, 0.3) is 0 Å². The molecule has 2 rings (SSSR count). The lowest BCUT2D eigenvalue weighted by Gasteiger charge is -2.15. The van der Waals surface area contributed by atoms with Gasteiger partial charge in [-0.05, 0) is 13.0 Å². The summed E-state index contributed by atoms with van der Waals surface area (Å²) in [5.41, 5.74) is 0. The summed E-state index contributed by atoms with van der Waals surface area (Å²) in [4.78, 5) is 17.5. The highest BCUT2D eigenvalue weighted by Crippen LogP contribution is 2.25. The van der Waals surface area contributed by atoms with Crippen molar-refractivity contribution >= 4 is 11.7 Å². The van der Waals surface area contributed by atoms with Crippen molar-refractivity contribution in [2.75, 3.05) is 24.7 Å². The van der Waals surface area contributed by atoms with Crippen LogP contribution in [0.4, 0.5) is 5.82 Å². The fourth-order valence-corrected chi connectivity index (χ4v) is 1.93. The molecule has 5 heteroatoms. The second-order valence-corrected chi connectivity index (χ2v) is 4.04. The van der Waals surface area contributed by atoms with E-state index in [2.05, 4.69) is 4.98 Å². The zero-order valence-corrected chi connectivity index (χ0v) is 9.80. The predicted molar refractivity (Wildman–Crippen MR) is 63.0 cm³/mol. The molecule has 17 heavy (non-hydrogen) atoms. The van der Waals surface area contributed by atoms with Gasteiger partial charge < -0.3 is 9.84 Å². The number of pyridine rings is 1. The van der Waals surface area contributed by atoms with Gasteiger partial charge in [0.1, 0.15) is 11.6 Å². The third-order valence-electron chi connectivity index (χ3n) is 2.77. The summed E-state index contributed by atoms with van der Waals surface area (Å²) in [6, 6.07) is 3.51. The first-order valence-electron chi connectivity index (χ1n) is 5.74. The van der Waals surface area contributed by atoms with Crippen LogP contribution in [0.2, 0.25) is 0 Å². The number of hydrogen-bond acceptors (Lipinski definition) is 4. The van der Waals surface area contributed by atoms with Gasteiger partial charge in [-0.1, -0.05) is 0 Å². The number of carbonyl (C=O) groups excluding carboxylic acids is 1. The summed E-state index contributed by atoms with van der Waals surface area (Å²) in [5, 5.41) is 9.06. The van der Waals surface area contributed by atoms with Crippen molar-refractivity contribution in [1.82, 2.24) is 4.98 Å². The molecule has 1 aromatic heterocycles. The van der Waals surface area contributed by atoms with Gasteiger partial charge >= 0.3 is 0 Å². The van der Waals surface area contributed by atoms with Gasteiger partial charge in [0.15, 0.2) is 0 Å². The molecule has 0 aromatic carbocycles. The van der Waals surface area contributed by atoms with Gasteiger partial charge in [0.2, 0.25) is 5.91 Å². The van der Waals surface area contributed by atoms with E-state index in [1.165, 1.54) is 0 Å². The van der Waals surface area contributed by atoms with Crippen molar-refractivity contribution in [3.8, 4) is 5.75 Å². The lowest BCUT2D eigenvalue weighted by Crippen LogP contribution is -2.25. The zero-order valence-electron chi connectivity index (χ0n) is 9.80. The molecule has 1 fully saturated rings. The average molecular weight is 236 g/mol. The van der Waals surface area contributed by atoms with Crippen molar-refractivity contribution < 1.29 is 14.6 Å². The minimum atomic E-state index is 0.00481. The Balaban J connectivity index is 2.16. The molecule has 1 aromatic rings. The summed E-state index contributed by atoms with van der Waals surface area (Å²) in [7, 11) is 0. The summed E-state index contributed by atoms with van der Waals surface area (Å²) in [5.74, 6) is 1.32. The second-order valence-electron chi connectivity index (χ2n) is 4.04. The van der Waals surface area contributed by atoms with E-state index < -0.39 is 0 Å². The second kappa shape index (κ2) is 5.14. The van der Waals surface area contributed by atoms with Crippen molar-refractivity contribution in [1.29, 1.82) is 0 Å². The molecule has 1 unspecified atom stereocenters. The molecule has 1 atom stereocenters. The fraction of sp³-hybridized carbons (Fsp3) is 0.500. The SMILES string of the molecule is CCOc1ccnc(N2CC(CO)CC2=O)c1. The number of aliphatic hydroxyl groups is 1. The van der Waals surface area contributed by atoms with E-state index in [1.54, 1.807) is 23.2 Å². The molecule has 1 saturated heterocycles. The molecular formula is C12H16N2O3. The van der Waals surface area contributed by atoms with Crippen molar-refractivity contribution in [3.05, 3.63) is 18.3 Å². The van der Waals surface area contributed by atoms with E-state index in [9.17, 15) is 4.79 Å². The molecule has 0 bridgehead atoms. The number of hydrogen-bond donors (Lipinski definition) is 1. The normalized spacial score (nSPS) is 19.8. The van der Waals surface area contributed by atoms with E-state index in [4.69, 9.17) is 9.84 Å². The smallest absolute Gasteiger partial charge is 0.228 e. The Hall–Kier alpha value is -1.62. The molecule has 1 amide bonds. The molecule has 0 radical (unpaired) electrons. The highest BCUT2D eigenvalue weighted by Gasteiger charge is 2.30. The Morgan fingerprint density at radius 1 is 1.65 bits per heavy atom. The van der Waals surface area contributed by atoms with Crippen molar-refractivity contribution in [2.24, 2.45) is 5.92 Å². The third kappa shape index (κ3) is 2.55. The molecule has 92 valence electrons. The molecule has 0 aliphatic carbocycles. The van der Waals surface area contributed by atoms with Crippen LogP contribution in [0.1, 0.15) is 13.3 Å². The van der Waals surface area contributed by atoms with Gasteiger partial charge in [-0.25, -0.2) is 4.98 Å². The van der Waals surface area contributed by atoms with Crippen LogP contribution in [0.3, 0.4) is 0 Å². The van der Waals surface area contributed by atoms with Crippen LogP contribution in [-0.2, 0) is 4.79 Å². The number of anilines is 1. The average Bonchev–Trinajstić information content (AvgIpc) is 2.71. The number of nitrogens with zero attached hydrogens (tertiary/aromatic N) is 2. The minimum Gasteiger partial charge on any atom is -0.494 e. The first-order valence-corrected chi connectivity index (χ1v) is 5.74. The Bertz CT molecular complexity index is 408. The fourth-order valence-electron chi connectivity index (χ4n) is 1.93. The van der Waals surface area contributed by atoms with Gasteiger partial charge in [0, 0.05) is 37.8 Å². The van der Waals surface area contributed by atoms with Crippen LogP contribution >= 0.6 is 0 Å². The zero-order chi connectivity index (χ0) is 12.3. The Labute approximate surface area is 100 Å². The van der Waals surface area contributed by atoms with Crippen LogP contribution in [0.5, 0.6) is 5.75 Å². The standard InChI is InChI=1S/C12H16N2O3/c1-2-17-10-3-4-13-11(6-10)14-7-9(8-15)5-12(14)16/h3-4,6,9,15H,2,5,7-8H2,1H3. The predicted octanol–water partition coefficient (Wildman–Crippen LogP) is 0.826. The molecule has 0 spiro atoms. The van der Waals surface area contributed by atoms with E-state index in [0.29, 0.717) is 31.1 Å². The minimum absolute atomic E-state index is 0.00481. The van der Waals surface area contributed by atoms with Crippen molar-refractivity contribution in [2.45, 2.75) is 13.3 Å². The Morgan fingerprint density at radius 2 is 2.47 bits per heavy atom. The monoisotopic (exact) mass is 236 g/mol. The van der Waals surface area contributed by atoms with Crippen LogP contribution in [0.15, 0.2) is 18.3 Å². The number of amides is 1. The summed E-state index contributed by atoms with van der Waals surface area (Å²) in [6.07, 6.45) is 2.01. The summed E-state index contributed by atoms with van der Waals surface area (Å²) in [6.45, 7) is 3.05. The molecule has 0 saturated carbocycles. The number of ether oxygens (including phenoxy) is 1. The molecule has 5 nitrogen and oxygen atoms in total. The highest BCUT2D eigenvalue weighted by atomic mass is 16.5. The van der Waals surface area contributed by atoms with E-state index in [1.807, 2.05) is 6.92 Å². The topological polar surface area (TPSA) is 62.7 Å². The molecule has 1 aliphatic rings. The van der Waals surface area contributed by atoms with Gasteiger partial charge in [-0.3, -0.25) is 9.69 Å². The van der Waals surface area contributed by atoms with E-state index in [-0.39, 0.29) is 18.4 Å².